The van der Waals surface area contributed by atoms with Gasteiger partial charge in [-0.3, -0.25) is 0 Å². The maximum atomic E-state index is 13.2. The van der Waals surface area contributed by atoms with Crippen LogP contribution in [0.3, 0.4) is 0 Å². The summed E-state index contributed by atoms with van der Waals surface area (Å²) < 4.78 is 15.4. The molecule has 0 radical (unpaired) electrons. The summed E-state index contributed by atoms with van der Waals surface area (Å²) in [6, 6.07) is 8.69. The minimum atomic E-state index is -1.07. The summed E-state index contributed by atoms with van der Waals surface area (Å²) >= 11 is 2.41. The number of esters is 1. The van der Waals surface area contributed by atoms with E-state index in [0.717, 1.165) is 24.9 Å². The van der Waals surface area contributed by atoms with E-state index in [4.69, 9.17) is 9.47 Å². The van der Waals surface area contributed by atoms with Gasteiger partial charge in [0.25, 0.3) is 0 Å². The molecule has 5 nitrogen and oxygen atoms in total. The van der Waals surface area contributed by atoms with Crippen LogP contribution in [0.25, 0.3) is 10.9 Å². The lowest BCUT2D eigenvalue weighted by molar-refractivity contribution is -0.180. The van der Waals surface area contributed by atoms with Crippen molar-refractivity contribution in [1.82, 2.24) is 9.47 Å². The van der Waals surface area contributed by atoms with E-state index < -0.39 is 5.72 Å². The molecule has 1 fully saturated rings. The lowest BCUT2D eigenvalue weighted by Crippen LogP contribution is -2.54. The van der Waals surface area contributed by atoms with Crippen molar-refractivity contribution in [3.63, 3.8) is 0 Å². The number of fused-ring (bicyclic) bond motifs is 5. The predicted octanol–water partition coefficient (Wildman–Crippen LogP) is 3.86. The Labute approximate surface area is 171 Å². The number of para-hydroxylation sites is 1. The van der Waals surface area contributed by atoms with Gasteiger partial charge in [0.05, 0.1) is 18.7 Å². The molecule has 0 saturated carbocycles. The molecule has 0 unspecified atom stereocenters. The van der Waals surface area contributed by atoms with Crippen LogP contribution in [-0.2, 0) is 26.4 Å². The van der Waals surface area contributed by atoms with Gasteiger partial charge in [0, 0.05) is 39.2 Å². The van der Waals surface area contributed by atoms with Gasteiger partial charge in [0.1, 0.15) is 6.10 Å². The number of ether oxygens (including phenoxy) is 2. The first-order valence-electron chi connectivity index (χ1n) is 9.59. The first-order chi connectivity index (χ1) is 13.1. The summed E-state index contributed by atoms with van der Waals surface area (Å²) in [5.74, 6) is -0.284. The number of halogens is 1. The van der Waals surface area contributed by atoms with E-state index in [1.54, 1.807) is 0 Å². The van der Waals surface area contributed by atoms with Crippen molar-refractivity contribution >= 4 is 39.5 Å². The van der Waals surface area contributed by atoms with Crippen LogP contribution >= 0.6 is 22.6 Å². The topological polar surface area (TPSA) is 43.7 Å². The van der Waals surface area contributed by atoms with Crippen molar-refractivity contribution in [3.8, 4) is 0 Å². The Morgan fingerprint density at radius 1 is 1.41 bits per heavy atom. The minimum absolute atomic E-state index is 0.0620. The van der Waals surface area contributed by atoms with Crippen LogP contribution in [0.4, 0.5) is 0 Å². The third-order valence-electron chi connectivity index (χ3n) is 7.24. The van der Waals surface area contributed by atoms with Crippen LogP contribution in [0.2, 0.25) is 0 Å². The molecule has 6 rings (SSSR count). The van der Waals surface area contributed by atoms with Gasteiger partial charge in [-0.15, -0.1) is 0 Å². The lowest BCUT2D eigenvalue weighted by atomic mass is 9.64. The number of benzene rings is 1. The number of aromatic nitrogens is 1. The SMILES string of the molecule is CC[C@@]12C[C@]3(C(=O)OC)O[C@@H]1C(I)=CN1CCc4c(n3c3ccccc43)[C@@H]12. The standard InChI is InChI=1S/C21H21IN2O3/c1-3-20-11-21(19(25)26-2)24-15-7-5-4-6-12(15)13-8-9-23(17(20)16(13)24)10-14(22)18(20)27-21/h4-7,10,17-18H,3,8-9,11H2,1-2H3/t17-,18-,20+,21-/m1/s1. The van der Waals surface area contributed by atoms with E-state index in [0.29, 0.717) is 6.42 Å². The van der Waals surface area contributed by atoms with Crippen molar-refractivity contribution in [1.29, 1.82) is 0 Å². The zero-order chi connectivity index (χ0) is 18.6. The number of carbonyl (C=O) groups excluding carboxylic acids is 1. The molecular weight excluding hydrogens is 455 g/mol. The van der Waals surface area contributed by atoms with Crippen LogP contribution in [-0.4, -0.2) is 35.2 Å². The normalized spacial score (nSPS) is 35.4. The van der Waals surface area contributed by atoms with Crippen molar-refractivity contribution < 1.29 is 14.3 Å². The fourth-order valence-corrected chi connectivity index (χ4v) is 7.34. The fraction of sp³-hybridized carbons (Fsp3) is 0.476. The maximum Gasteiger partial charge on any atom is 0.360 e. The number of carbonyl (C=O) groups is 1. The average Bonchev–Trinajstić information content (AvgIpc) is 3.20. The maximum absolute atomic E-state index is 13.2. The smallest absolute Gasteiger partial charge is 0.360 e. The lowest BCUT2D eigenvalue weighted by Gasteiger charge is -2.53. The van der Waals surface area contributed by atoms with Gasteiger partial charge in [0.15, 0.2) is 0 Å². The Hall–Kier alpha value is -1.54. The van der Waals surface area contributed by atoms with E-state index in [9.17, 15) is 4.79 Å². The first-order valence-corrected chi connectivity index (χ1v) is 10.7. The molecule has 0 aliphatic carbocycles. The highest BCUT2D eigenvalue weighted by molar-refractivity contribution is 14.1. The Morgan fingerprint density at radius 2 is 2.22 bits per heavy atom. The number of methoxy groups -OCH3 is 1. The molecule has 4 aliphatic rings. The summed E-state index contributed by atoms with van der Waals surface area (Å²) in [5.41, 5.74) is 2.56. The second-order valence-electron chi connectivity index (χ2n) is 8.16. The van der Waals surface area contributed by atoms with Gasteiger partial charge >= 0.3 is 5.97 Å². The molecule has 0 spiro atoms. The molecule has 2 aromatic rings. The Bertz CT molecular complexity index is 1040. The molecule has 1 aromatic carbocycles. The van der Waals surface area contributed by atoms with Crippen LogP contribution in [0.15, 0.2) is 34.0 Å². The zero-order valence-corrected chi connectivity index (χ0v) is 17.5. The Kier molecular flexibility index (Phi) is 3.09. The third kappa shape index (κ3) is 1.65. The van der Waals surface area contributed by atoms with Crippen molar-refractivity contribution in [2.24, 2.45) is 5.41 Å². The van der Waals surface area contributed by atoms with Crippen LogP contribution in [0.1, 0.15) is 37.1 Å². The first kappa shape index (κ1) is 16.4. The average molecular weight is 476 g/mol. The van der Waals surface area contributed by atoms with Crippen molar-refractivity contribution in [3.05, 3.63) is 45.3 Å². The van der Waals surface area contributed by atoms with Crippen molar-refractivity contribution in [2.45, 2.75) is 44.1 Å². The van der Waals surface area contributed by atoms with Crippen LogP contribution in [0.5, 0.6) is 0 Å². The Morgan fingerprint density at radius 3 is 3.00 bits per heavy atom. The minimum Gasteiger partial charge on any atom is -0.465 e. The summed E-state index contributed by atoms with van der Waals surface area (Å²) in [7, 11) is 1.47. The zero-order valence-electron chi connectivity index (χ0n) is 15.4. The van der Waals surface area contributed by atoms with Crippen LogP contribution < -0.4 is 0 Å². The van der Waals surface area contributed by atoms with Crippen LogP contribution in [0, 0.1) is 5.41 Å². The molecule has 4 atom stereocenters. The van der Waals surface area contributed by atoms with Gasteiger partial charge in [0.2, 0.25) is 5.72 Å². The summed E-state index contributed by atoms with van der Waals surface area (Å²) in [5, 5.41) is 1.25. The summed E-state index contributed by atoms with van der Waals surface area (Å²) in [4.78, 5) is 15.7. The van der Waals surface area contributed by atoms with Crippen molar-refractivity contribution in [2.75, 3.05) is 13.7 Å². The van der Waals surface area contributed by atoms with E-state index in [-0.39, 0.29) is 23.5 Å². The van der Waals surface area contributed by atoms with Gasteiger partial charge < -0.3 is 18.9 Å². The second kappa shape index (κ2) is 5.08. The largest absolute Gasteiger partial charge is 0.465 e. The summed E-state index contributed by atoms with van der Waals surface area (Å²) in [6.45, 7) is 3.25. The number of nitrogens with zero attached hydrogens (tertiary/aromatic N) is 2. The monoisotopic (exact) mass is 476 g/mol. The number of hydrogen-bond donors (Lipinski definition) is 0. The molecule has 0 amide bonds. The highest BCUT2D eigenvalue weighted by atomic mass is 127. The molecule has 1 aromatic heterocycles. The van der Waals surface area contributed by atoms with Gasteiger partial charge in [-0.2, -0.15) is 0 Å². The molecule has 6 heteroatoms. The van der Waals surface area contributed by atoms with E-state index in [1.807, 2.05) is 6.07 Å². The van der Waals surface area contributed by atoms with Gasteiger partial charge in [-0.25, -0.2) is 4.79 Å². The highest BCUT2D eigenvalue weighted by Gasteiger charge is 2.71. The van der Waals surface area contributed by atoms with Gasteiger partial charge in [-0.05, 0) is 47.1 Å². The van der Waals surface area contributed by atoms with E-state index >= 15 is 0 Å². The molecule has 1 saturated heterocycles. The number of hydrogen-bond acceptors (Lipinski definition) is 4. The molecule has 4 aliphatic heterocycles. The highest BCUT2D eigenvalue weighted by Crippen LogP contribution is 2.68. The number of rotatable bonds is 2. The third-order valence-corrected chi connectivity index (χ3v) is 8.09. The molecule has 0 N–H and O–H groups in total. The molecular formula is C21H21IN2O3. The molecule has 140 valence electrons. The Balaban J connectivity index is 1.79. The molecule has 5 heterocycles. The van der Waals surface area contributed by atoms with Gasteiger partial charge in [-0.1, -0.05) is 25.1 Å². The van der Waals surface area contributed by atoms with E-state index in [2.05, 4.69) is 63.4 Å². The quantitative estimate of drug-likeness (QED) is 0.488. The molecule has 2 bridgehead atoms. The summed E-state index contributed by atoms with van der Waals surface area (Å²) in [6.07, 6.45) is 4.82. The van der Waals surface area contributed by atoms with E-state index in [1.165, 1.54) is 27.3 Å². The predicted molar refractivity (Wildman–Crippen MR) is 109 cm³/mol. The fourth-order valence-electron chi connectivity index (χ4n) is 6.23. The molecule has 27 heavy (non-hydrogen) atoms. The second-order valence-corrected chi connectivity index (χ2v) is 9.40.